The summed E-state index contributed by atoms with van der Waals surface area (Å²) in [6.07, 6.45) is 1.77. The molecule has 1 aromatic heterocycles. The van der Waals surface area contributed by atoms with Gasteiger partial charge in [-0.1, -0.05) is 35.3 Å². The Morgan fingerprint density at radius 2 is 1.81 bits per heavy atom. The van der Waals surface area contributed by atoms with Crippen LogP contribution in [0.2, 0.25) is 10.0 Å². The highest BCUT2D eigenvalue weighted by molar-refractivity contribution is 7.89. The van der Waals surface area contributed by atoms with Crippen LogP contribution in [0.3, 0.4) is 0 Å². The van der Waals surface area contributed by atoms with Crippen molar-refractivity contribution in [3.63, 3.8) is 0 Å². The molecule has 9 heteroatoms. The van der Waals surface area contributed by atoms with Gasteiger partial charge < -0.3 is 4.74 Å². The van der Waals surface area contributed by atoms with E-state index >= 15 is 0 Å². The molecule has 2 aromatic carbocycles. The van der Waals surface area contributed by atoms with Gasteiger partial charge in [-0.2, -0.15) is 9.78 Å². The number of ether oxygens (including phenoxy) is 1. The zero-order valence-electron chi connectivity index (χ0n) is 14.1. The molecule has 0 unspecified atom stereocenters. The van der Waals surface area contributed by atoms with E-state index in [1.807, 2.05) is 0 Å². The molecule has 0 saturated carbocycles. The zero-order chi connectivity index (χ0) is 19.6. The van der Waals surface area contributed by atoms with Crippen molar-refractivity contribution in [2.75, 3.05) is 6.26 Å². The smallest absolute Gasteiger partial charge is 0.223 e. The molecule has 6 nitrogen and oxygen atoms in total. The van der Waals surface area contributed by atoms with Gasteiger partial charge in [0.25, 0.3) is 0 Å². The number of hydrogen-bond acceptors (Lipinski definition) is 5. The predicted molar refractivity (Wildman–Crippen MR) is 104 cm³/mol. The Balaban J connectivity index is 1.93. The second kappa shape index (κ2) is 7.72. The molecule has 1 heterocycles. The summed E-state index contributed by atoms with van der Waals surface area (Å²) >= 11 is 12.2. The summed E-state index contributed by atoms with van der Waals surface area (Å²) in [7, 11) is -3.12. The summed E-state index contributed by atoms with van der Waals surface area (Å²) in [5, 5.41) is 4.98. The van der Waals surface area contributed by atoms with Crippen LogP contribution in [0, 0.1) is 0 Å². The molecule has 0 aliphatic heterocycles. The molecule has 27 heavy (non-hydrogen) atoms. The molecule has 0 radical (unpaired) electrons. The van der Waals surface area contributed by atoms with E-state index in [1.54, 1.807) is 42.5 Å². The first-order chi connectivity index (χ1) is 12.7. The van der Waals surface area contributed by atoms with Crippen LogP contribution in [0.25, 0.3) is 5.69 Å². The SMILES string of the molecule is CS(=O)(=O)Cc1ccc(Oc2cc(C=O)nn2-c2ccc(Cl)cc2Cl)cc1. The van der Waals surface area contributed by atoms with Gasteiger partial charge in [0.05, 0.1) is 16.5 Å². The molecule has 3 aromatic rings. The van der Waals surface area contributed by atoms with Gasteiger partial charge in [-0.05, 0) is 35.9 Å². The molecule has 140 valence electrons. The first kappa shape index (κ1) is 19.4. The fourth-order valence-electron chi connectivity index (χ4n) is 2.41. The highest BCUT2D eigenvalue weighted by Gasteiger charge is 2.15. The number of aldehydes is 1. The van der Waals surface area contributed by atoms with Crippen molar-refractivity contribution in [2.45, 2.75) is 5.75 Å². The van der Waals surface area contributed by atoms with E-state index in [4.69, 9.17) is 27.9 Å². The lowest BCUT2D eigenvalue weighted by Crippen LogP contribution is -2.02. The van der Waals surface area contributed by atoms with E-state index in [0.717, 1.165) is 0 Å². The van der Waals surface area contributed by atoms with Crippen LogP contribution in [0.1, 0.15) is 16.1 Å². The van der Waals surface area contributed by atoms with Crippen molar-refractivity contribution < 1.29 is 17.9 Å². The third-order valence-corrected chi connectivity index (χ3v) is 4.92. The largest absolute Gasteiger partial charge is 0.439 e. The Hall–Kier alpha value is -2.35. The number of nitrogens with zero attached hydrogens (tertiary/aromatic N) is 2. The number of sulfone groups is 1. The van der Waals surface area contributed by atoms with Crippen molar-refractivity contribution in [1.29, 1.82) is 0 Å². The fourth-order valence-corrected chi connectivity index (χ4v) is 3.70. The zero-order valence-corrected chi connectivity index (χ0v) is 16.4. The van der Waals surface area contributed by atoms with Crippen LogP contribution in [0.4, 0.5) is 0 Å². The van der Waals surface area contributed by atoms with Gasteiger partial charge >= 0.3 is 0 Å². The first-order valence-corrected chi connectivity index (χ1v) is 10.5. The number of benzene rings is 2. The van der Waals surface area contributed by atoms with Gasteiger partial charge in [0, 0.05) is 17.3 Å². The summed E-state index contributed by atoms with van der Waals surface area (Å²) in [6, 6.07) is 12.9. The molecule has 0 aliphatic carbocycles. The lowest BCUT2D eigenvalue weighted by molar-refractivity contribution is 0.111. The normalized spacial score (nSPS) is 11.4. The molecular weight excluding hydrogens is 411 g/mol. The maximum atomic E-state index is 11.4. The standard InChI is InChI=1S/C18H14Cl2N2O4S/c1-27(24,25)11-12-2-5-15(6-3-12)26-18-9-14(10-23)21-22(18)17-7-4-13(19)8-16(17)20/h2-10H,11H2,1H3. The van der Waals surface area contributed by atoms with Crippen LogP contribution >= 0.6 is 23.2 Å². The topological polar surface area (TPSA) is 78.3 Å². The number of carbonyl (C=O) groups is 1. The Labute approximate surface area is 166 Å². The number of hydrogen-bond donors (Lipinski definition) is 0. The molecule has 0 fully saturated rings. The van der Waals surface area contributed by atoms with Gasteiger partial charge in [0.2, 0.25) is 5.88 Å². The van der Waals surface area contributed by atoms with Gasteiger partial charge in [0.1, 0.15) is 11.4 Å². The monoisotopic (exact) mass is 424 g/mol. The number of rotatable bonds is 6. The van der Waals surface area contributed by atoms with Crippen molar-refractivity contribution in [3.8, 4) is 17.3 Å². The second-order valence-corrected chi connectivity index (χ2v) is 8.83. The fraction of sp³-hybridized carbons (Fsp3) is 0.111. The molecule has 0 N–H and O–H groups in total. The Kier molecular flexibility index (Phi) is 5.55. The van der Waals surface area contributed by atoms with E-state index in [1.165, 1.54) is 17.0 Å². The number of halogens is 2. The third-order valence-electron chi connectivity index (χ3n) is 3.53. The van der Waals surface area contributed by atoms with E-state index in [9.17, 15) is 13.2 Å². The van der Waals surface area contributed by atoms with Crippen LogP contribution in [-0.4, -0.2) is 30.7 Å². The maximum Gasteiger partial charge on any atom is 0.223 e. The highest BCUT2D eigenvalue weighted by Crippen LogP contribution is 2.30. The minimum absolute atomic E-state index is 0.0547. The Bertz CT molecular complexity index is 1090. The van der Waals surface area contributed by atoms with Crippen molar-refractivity contribution in [1.82, 2.24) is 9.78 Å². The van der Waals surface area contributed by atoms with Gasteiger partial charge in [-0.15, -0.1) is 0 Å². The Morgan fingerprint density at radius 3 is 2.41 bits per heavy atom. The summed E-state index contributed by atoms with van der Waals surface area (Å²) in [4.78, 5) is 11.1. The molecule has 0 bridgehead atoms. The molecule has 0 spiro atoms. The van der Waals surface area contributed by atoms with Crippen LogP contribution < -0.4 is 4.74 Å². The van der Waals surface area contributed by atoms with E-state index in [-0.39, 0.29) is 17.3 Å². The molecule has 0 atom stereocenters. The van der Waals surface area contributed by atoms with Gasteiger partial charge in [-0.25, -0.2) is 8.42 Å². The lowest BCUT2D eigenvalue weighted by atomic mass is 10.2. The maximum absolute atomic E-state index is 11.4. The summed E-state index contributed by atoms with van der Waals surface area (Å²) in [5.41, 5.74) is 1.32. The van der Waals surface area contributed by atoms with Crippen molar-refractivity contribution in [3.05, 3.63) is 69.8 Å². The summed E-state index contributed by atoms with van der Waals surface area (Å²) < 4.78 is 30.0. The van der Waals surface area contributed by atoms with E-state index in [0.29, 0.717) is 33.3 Å². The van der Waals surface area contributed by atoms with Crippen molar-refractivity contribution >= 4 is 39.3 Å². The highest BCUT2D eigenvalue weighted by atomic mass is 35.5. The number of carbonyl (C=O) groups excluding carboxylic acids is 1. The van der Waals surface area contributed by atoms with Gasteiger partial charge in [0.15, 0.2) is 16.1 Å². The minimum Gasteiger partial charge on any atom is -0.439 e. The lowest BCUT2D eigenvalue weighted by Gasteiger charge is -2.11. The van der Waals surface area contributed by atoms with E-state index in [2.05, 4.69) is 5.10 Å². The molecule has 0 amide bonds. The minimum atomic E-state index is -3.12. The number of aromatic nitrogens is 2. The predicted octanol–water partition coefficient (Wildman–Crippen LogP) is 4.33. The van der Waals surface area contributed by atoms with Crippen molar-refractivity contribution in [2.24, 2.45) is 0 Å². The quantitative estimate of drug-likeness (QED) is 0.550. The average Bonchev–Trinajstić information content (AvgIpc) is 2.98. The second-order valence-electron chi connectivity index (χ2n) is 5.85. The van der Waals surface area contributed by atoms with Crippen LogP contribution in [-0.2, 0) is 15.6 Å². The summed E-state index contributed by atoms with van der Waals surface area (Å²) in [6.45, 7) is 0. The average molecular weight is 425 g/mol. The molecular formula is C18H14Cl2N2O4S. The van der Waals surface area contributed by atoms with E-state index < -0.39 is 9.84 Å². The van der Waals surface area contributed by atoms with Crippen LogP contribution in [0.5, 0.6) is 11.6 Å². The third kappa shape index (κ3) is 4.88. The first-order valence-electron chi connectivity index (χ1n) is 7.70. The van der Waals surface area contributed by atoms with Gasteiger partial charge in [-0.3, -0.25) is 4.79 Å². The Morgan fingerprint density at radius 1 is 1.11 bits per heavy atom. The molecule has 0 aliphatic rings. The molecule has 0 saturated heterocycles. The molecule has 3 rings (SSSR count). The van der Waals surface area contributed by atoms with Crippen LogP contribution in [0.15, 0.2) is 48.5 Å². The summed E-state index contributed by atoms with van der Waals surface area (Å²) in [5.74, 6) is 0.675.